The maximum absolute atomic E-state index is 4.66. The summed E-state index contributed by atoms with van der Waals surface area (Å²) in [6, 6.07) is 10.2. The third kappa shape index (κ3) is 3.72. The maximum Gasteiger partial charge on any atom is 0.138 e. The van der Waals surface area contributed by atoms with Crippen LogP contribution in [0.15, 0.2) is 43.0 Å². The minimum atomic E-state index is 0.466. The van der Waals surface area contributed by atoms with Gasteiger partial charge in [-0.1, -0.05) is 18.2 Å². The lowest BCUT2D eigenvalue weighted by atomic mass is 9.96. The summed E-state index contributed by atoms with van der Waals surface area (Å²) in [6.07, 6.45) is 5.63. The fourth-order valence-corrected chi connectivity index (χ4v) is 3.40. The van der Waals surface area contributed by atoms with Crippen molar-refractivity contribution in [3.63, 3.8) is 0 Å². The van der Waals surface area contributed by atoms with Crippen LogP contribution in [0.25, 0.3) is 5.69 Å². The monoisotopic (exact) mass is 349 g/mol. The van der Waals surface area contributed by atoms with Gasteiger partial charge in [0.15, 0.2) is 0 Å². The third-order valence-corrected chi connectivity index (χ3v) is 4.69. The van der Waals surface area contributed by atoms with Crippen molar-refractivity contribution in [2.75, 3.05) is 18.4 Å². The molecule has 0 saturated carbocycles. The second-order valence-electron chi connectivity index (χ2n) is 6.59. The second kappa shape index (κ2) is 7.61. The van der Waals surface area contributed by atoms with Gasteiger partial charge in [-0.15, -0.1) is 0 Å². The van der Waals surface area contributed by atoms with Gasteiger partial charge in [0.1, 0.15) is 24.3 Å². The van der Waals surface area contributed by atoms with Crippen molar-refractivity contribution < 1.29 is 0 Å². The zero-order valence-electron chi connectivity index (χ0n) is 14.9. The SMILES string of the molecule is Cc1nc(NCc2ccccc2-n2cncn2)cc([C@@H]2CCCNC2)n1. The molecular weight excluding hydrogens is 326 g/mol. The van der Waals surface area contributed by atoms with Crippen LogP contribution in [0.2, 0.25) is 0 Å². The Morgan fingerprint density at radius 1 is 1.27 bits per heavy atom. The van der Waals surface area contributed by atoms with E-state index in [0.29, 0.717) is 12.5 Å². The van der Waals surface area contributed by atoms with E-state index in [1.54, 1.807) is 17.3 Å². The maximum atomic E-state index is 4.66. The largest absolute Gasteiger partial charge is 0.366 e. The molecule has 1 aromatic carbocycles. The molecule has 1 aliphatic rings. The molecule has 0 bridgehead atoms. The molecule has 26 heavy (non-hydrogen) atoms. The molecule has 3 heterocycles. The average molecular weight is 349 g/mol. The first-order valence-corrected chi connectivity index (χ1v) is 9.02. The molecule has 3 aromatic rings. The molecule has 1 aliphatic heterocycles. The van der Waals surface area contributed by atoms with Gasteiger partial charge in [0.25, 0.3) is 0 Å². The average Bonchev–Trinajstić information content (AvgIpc) is 3.21. The van der Waals surface area contributed by atoms with Gasteiger partial charge in [-0.25, -0.2) is 19.6 Å². The lowest BCUT2D eigenvalue weighted by Crippen LogP contribution is -2.29. The van der Waals surface area contributed by atoms with E-state index in [1.165, 1.54) is 12.8 Å². The van der Waals surface area contributed by atoms with E-state index in [0.717, 1.165) is 41.7 Å². The Labute approximate surface area is 152 Å². The number of para-hydroxylation sites is 1. The van der Waals surface area contributed by atoms with E-state index in [9.17, 15) is 0 Å². The highest BCUT2D eigenvalue weighted by molar-refractivity contribution is 5.44. The summed E-state index contributed by atoms with van der Waals surface area (Å²) in [5.74, 6) is 2.14. The molecular formula is C19H23N7. The first kappa shape index (κ1) is 16.7. The number of piperidine rings is 1. The highest BCUT2D eigenvalue weighted by Gasteiger charge is 2.17. The second-order valence-corrected chi connectivity index (χ2v) is 6.59. The minimum Gasteiger partial charge on any atom is -0.366 e. The number of aryl methyl sites for hydroxylation is 1. The fraction of sp³-hybridized carbons (Fsp3) is 0.368. The number of hydrogen-bond acceptors (Lipinski definition) is 6. The summed E-state index contributed by atoms with van der Waals surface area (Å²) in [5.41, 5.74) is 3.27. The Morgan fingerprint density at radius 3 is 3.00 bits per heavy atom. The van der Waals surface area contributed by atoms with Gasteiger partial charge in [-0.05, 0) is 37.9 Å². The van der Waals surface area contributed by atoms with Crippen molar-refractivity contribution in [2.45, 2.75) is 32.2 Å². The Balaban J connectivity index is 1.53. The molecule has 1 saturated heterocycles. The summed E-state index contributed by atoms with van der Waals surface area (Å²) in [5, 5.41) is 11.1. The van der Waals surface area contributed by atoms with Crippen molar-refractivity contribution in [2.24, 2.45) is 0 Å². The molecule has 134 valence electrons. The molecule has 0 unspecified atom stereocenters. The summed E-state index contributed by atoms with van der Waals surface area (Å²) >= 11 is 0. The molecule has 2 N–H and O–H groups in total. The molecule has 0 amide bonds. The topological polar surface area (TPSA) is 80.5 Å². The molecule has 7 nitrogen and oxygen atoms in total. The first-order chi connectivity index (χ1) is 12.8. The smallest absolute Gasteiger partial charge is 0.138 e. The zero-order chi connectivity index (χ0) is 17.8. The number of nitrogens with one attached hydrogen (secondary N) is 2. The van der Waals surface area contributed by atoms with E-state index in [4.69, 9.17) is 0 Å². The standard InChI is InChI=1S/C19H23N7/c1-14-24-17(15-6-4-8-20-10-15)9-19(25-14)22-11-16-5-2-3-7-18(16)26-13-21-12-23-26/h2-3,5,7,9,12-13,15,20H,4,6,8,10-11H2,1H3,(H,22,24,25)/t15-/m1/s1. The van der Waals surface area contributed by atoms with Crippen LogP contribution in [0.5, 0.6) is 0 Å². The summed E-state index contributed by atoms with van der Waals surface area (Å²) < 4.78 is 1.78. The van der Waals surface area contributed by atoms with E-state index in [-0.39, 0.29) is 0 Å². The Kier molecular flexibility index (Phi) is 4.88. The van der Waals surface area contributed by atoms with Gasteiger partial charge >= 0.3 is 0 Å². The molecule has 0 spiro atoms. The molecule has 1 fully saturated rings. The van der Waals surface area contributed by atoms with Crippen LogP contribution in [0.1, 0.15) is 35.8 Å². The lowest BCUT2D eigenvalue weighted by molar-refractivity contribution is 0.453. The van der Waals surface area contributed by atoms with E-state index in [1.807, 2.05) is 25.1 Å². The van der Waals surface area contributed by atoms with Crippen LogP contribution in [-0.2, 0) is 6.54 Å². The molecule has 0 radical (unpaired) electrons. The highest BCUT2D eigenvalue weighted by atomic mass is 15.3. The van der Waals surface area contributed by atoms with Gasteiger partial charge < -0.3 is 10.6 Å². The minimum absolute atomic E-state index is 0.466. The van der Waals surface area contributed by atoms with Crippen LogP contribution in [0.3, 0.4) is 0 Å². The number of nitrogens with zero attached hydrogens (tertiary/aromatic N) is 5. The van der Waals surface area contributed by atoms with Crippen molar-refractivity contribution >= 4 is 5.82 Å². The summed E-state index contributed by atoms with van der Waals surface area (Å²) in [6.45, 7) is 4.71. The number of anilines is 1. The molecule has 4 rings (SSSR count). The van der Waals surface area contributed by atoms with Gasteiger partial charge in [0.2, 0.25) is 0 Å². The van der Waals surface area contributed by atoms with Crippen molar-refractivity contribution in [3.8, 4) is 5.69 Å². The summed E-state index contributed by atoms with van der Waals surface area (Å²) in [7, 11) is 0. The van der Waals surface area contributed by atoms with Crippen LogP contribution < -0.4 is 10.6 Å². The quantitative estimate of drug-likeness (QED) is 0.736. The van der Waals surface area contributed by atoms with Gasteiger partial charge in [-0.2, -0.15) is 5.10 Å². The molecule has 0 aliphatic carbocycles. The van der Waals surface area contributed by atoms with Gasteiger partial charge in [0, 0.05) is 25.1 Å². The van der Waals surface area contributed by atoms with Crippen LogP contribution in [0.4, 0.5) is 5.82 Å². The molecule has 1 atom stereocenters. The van der Waals surface area contributed by atoms with E-state index < -0.39 is 0 Å². The Morgan fingerprint density at radius 2 is 2.19 bits per heavy atom. The lowest BCUT2D eigenvalue weighted by Gasteiger charge is -2.23. The molecule has 2 aromatic heterocycles. The van der Waals surface area contributed by atoms with Gasteiger partial charge in [0.05, 0.1) is 11.4 Å². The first-order valence-electron chi connectivity index (χ1n) is 9.02. The Hall–Kier alpha value is -2.80. The predicted molar refractivity (Wildman–Crippen MR) is 100 cm³/mol. The van der Waals surface area contributed by atoms with Crippen molar-refractivity contribution in [1.82, 2.24) is 30.0 Å². The third-order valence-electron chi connectivity index (χ3n) is 4.69. The van der Waals surface area contributed by atoms with Crippen LogP contribution in [0, 0.1) is 6.92 Å². The van der Waals surface area contributed by atoms with Crippen molar-refractivity contribution in [3.05, 3.63) is 60.1 Å². The predicted octanol–water partition coefficient (Wildman–Crippen LogP) is 2.44. The zero-order valence-corrected chi connectivity index (χ0v) is 14.9. The fourth-order valence-electron chi connectivity index (χ4n) is 3.40. The number of benzene rings is 1. The number of hydrogen-bond donors (Lipinski definition) is 2. The van der Waals surface area contributed by atoms with Crippen LogP contribution >= 0.6 is 0 Å². The van der Waals surface area contributed by atoms with E-state index >= 15 is 0 Å². The summed E-state index contributed by atoms with van der Waals surface area (Å²) in [4.78, 5) is 13.3. The number of aromatic nitrogens is 5. The Bertz CT molecular complexity index is 854. The van der Waals surface area contributed by atoms with E-state index in [2.05, 4.69) is 42.8 Å². The highest BCUT2D eigenvalue weighted by Crippen LogP contribution is 2.23. The van der Waals surface area contributed by atoms with Gasteiger partial charge in [-0.3, -0.25) is 0 Å². The normalized spacial score (nSPS) is 17.2. The number of rotatable bonds is 5. The van der Waals surface area contributed by atoms with Crippen LogP contribution in [-0.4, -0.2) is 37.8 Å². The van der Waals surface area contributed by atoms with Crippen molar-refractivity contribution in [1.29, 1.82) is 0 Å². The molecule has 7 heteroatoms.